The number of nitrogens with zero attached hydrogens (tertiary/aromatic N) is 1. The van der Waals surface area contributed by atoms with Crippen molar-refractivity contribution in [1.29, 1.82) is 0 Å². The van der Waals surface area contributed by atoms with E-state index in [1.165, 1.54) is 0 Å². The third-order valence-corrected chi connectivity index (χ3v) is 2.85. The monoisotopic (exact) mass is 233 g/mol. The minimum atomic E-state index is 0.0227. The molecule has 0 aliphatic rings. The van der Waals surface area contributed by atoms with Crippen molar-refractivity contribution in [2.45, 2.75) is 13.0 Å². The van der Waals surface area contributed by atoms with Crippen LogP contribution in [-0.4, -0.2) is 4.57 Å². The quantitative estimate of drug-likeness (QED) is 0.799. The third-order valence-electron chi connectivity index (χ3n) is 2.48. The second kappa shape index (κ2) is 4.99. The van der Waals surface area contributed by atoms with Crippen molar-refractivity contribution >= 4 is 11.6 Å². The summed E-state index contributed by atoms with van der Waals surface area (Å²) in [7, 11) is 0. The number of hydrogen-bond acceptors (Lipinski definition) is 1. The van der Waals surface area contributed by atoms with Gasteiger partial charge >= 0.3 is 0 Å². The Morgan fingerprint density at radius 1 is 1.06 bits per heavy atom. The second-order valence-electron chi connectivity index (χ2n) is 3.57. The van der Waals surface area contributed by atoms with E-state index in [-0.39, 0.29) is 5.56 Å². The summed E-state index contributed by atoms with van der Waals surface area (Å²) in [4.78, 5) is 11.5. The molecule has 0 aliphatic carbocycles. The summed E-state index contributed by atoms with van der Waals surface area (Å²) in [5.41, 5.74) is 1.09. The summed E-state index contributed by atoms with van der Waals surface area (Å²) in [5, 5.41) is 0.756. The fraction of sp³-hybridized carbons (Fsp3) is 0.154. The smallest absolute Gasteiger partial charge is 0.250 e. The fourth-order valence-corrected chi connectivity index (χ4v) is 1.82. The van der Waals surface area contributed by atoms with Gasteiger partial charge < -0.3 is 4.57 Å². The van der Waals surface area contributed by atoms with Gasteiger partial charge in [0.25, 0.3) is 5.56 Å². The molecule has 0 N–H and O–H groups in total. The van der Waals surface area contributed by atoms with Gasteiger partial charge in [0.05, 0.1) is 0 Å². The van der Waals surface area contributed by atoms with Crippen LogP contribution in [0.1, 0.15) is 5.56 Å². The maximum absolute atomic E-state index is 11.5. The Hall–Kier alpha value is -1.54. The molecule has 1 heterocycles. The molecular weight excluding hydrogens is 222 g/mol. The Labute approximate surface area is 99.1 Å². The number of rotatable bonds is 3. The van der Waals surface area contributed by atoms with Crippen LogP contribution in [0.15, 0.2) is 53.5 Å². The predicted molar refractivity (Wildman–Crippen MR) is 65.9 cm³/mol. The Morgan fingerprint density at radius 2 is 1.81 bits per heavy atom. The van der Waals surface area contributed by atoms with Crippen molar-refractivity contribution in [1.82, 2.24) is 4.57 Å². The van der Waals surface area contributed by atoms with Gasteiger partial charge in [-0.3, -0.25) is 4.79 Å². The predicted octanol–water partition coefficient (Wildman–Crippen LogP) is 2.74. The number of aryl methyl sites for hydroxylation is 2. The lowest BCUT2D eigenvalue weighted by Gasteiger charge is -2.06. The average molecular weight is 234 g/mol. The zero-order valence-electron chi connectivity index (χ0n) is 8.77. The van der Waals surface area contributed by atoms with Crippen LogP contribution >= 0.6 is 11.6 Å². The maximum Gasteiger partial charge on any atom is 0.250 e. The Balaban J connectivity index is 2.12. The molecule has 1 aromatic carbocycles. The largest absolute Gasteiger partial charge is 0.315 e. The lowest BCUT2D eigenvalue weighted by Crippen LogP contribution is -2.18. The second-order valence-corrected chi connectivity index (χ2v) is 3.98. The van der Waals surface area contributed by atoms with Gasteiger partial charge in [0.2, 0.25) is 0 Å². The van der Waals surface area contributed by atoms with Crippen LogP contribution in [0.3, 0.4) is 0 Å². The van der Waals surface area contributed by atoms with Crippen LogP contribution < -0.4 is 5.56 Å². The summed E-state index contributed by atoms with van der Waals surface area (Å²) >= 11 is 6.04. The first-order valence-electron chi connectivity index (χ1n) is 5.16. The van der Waals surface area contributed by atoms with Crippen molar-refractivity contribution in [2.24, 2.45) is 0 Å². The molecule has 0 fully saturated rings. The summed E-state index contributed by atoms with van der Waals surface area (Å²) in [6.07, 6.45) is 2.56. The van der Waals surface area contributed by atoms with Gasteiger partial charge in [0, 0.05) is 23.8 Å². The van der Waals surface area contributed by atoms with Crippen molar-refractivity contribution in [3.05, 3.63) is 69.6 Å². The Morgan fingerprint density at radius 3 is 2.56 bits per heavy atom. The van der Waals surface area contributed by atoms with Gasteiger partial charge in [-0.05, 0) is 24.1 Å². The number of pyridine rings is 1. The summed E-state index contributed by atoms with van der Waals surface area (Å²) in [5.74, 6) is 0. The van der Waals surface area contributed by atoms with Crippen molar-refractivity contribution in [3.63, 3.8) is 0 Å². The van der Waals surface area contributed by atoms with E-state index in [1.807, 2.05) is 30.3 Å². The van der Waals surface area contributed by atoms with E-state index < -0.39 is 0 Å². The van der Waals surface area contributed by atoms with E-state index in [2.05, 4.69) is 0 Å². The molecule has 3 heteroatoms. The van der Waals surface area contributed by atoms with E-state index in [1.54, 1.807) is 22.9 Å². The molecule has 0 saturated carbocycles. The lowest BCUT2D eigenvalue weighted by atomic mass is 10.1. The SMILES string of the molecule is O=c1ccccn1CCc1ccccc1Cl. The molecule has 82 valence electrons. The normalized spacial score (nSPS) is 10.3. The summed E-state index contributed by atoms with van der Waals surface area (Å²) in [6, 6.07) is 12.9. The van der Waals surface area contributed by atoms with E-state index in [0.717, 1.165) is 17.0 Å². The topological polar surface area (TPSA) is 22.0 Å². The molecule has 0 radical (unpaired) electrons. The Kier molecular flexibility index (Phi) is 3.42. The van der Waals surface area contributed by atoms with Crippen LogP contribution in [0.2, 0.25) is 5.02 Å². The highest BCUT2D eigenvalue weighted by Gasteiger charge is 1.99. The molecule has 16 heavy (non-hydrogen) atoms. The minimum absolute atomic E-state index is 0.0227. The molecule has 2 aromatic rings. The van der Waals surface area contributed by atoms with E-state index in [4.69, 9.17) is 11.6 Å². The van der Waals surface area contributed by atoms with Crippen molar-refractivity contribution in [2.75, 3.05) is 0 Å². The molecular formula is C13H12ClNO. The average Bonchev–Trinajstić information content (AvgIpc) is 2.30. The first kappa shape index (κ1) is 11.0. The molecule has 0 amide bonds. The molecule has 2 nitrogen and oxygen atoms in total. The standard InChI is InChI=1S/C13H12ClNO/c14-12-6-2-1-5-11(12)8-10-15-9-4-3-7-13(15)16/h1-7,9H,8,10H2. The van der Waals surface area contributed by atoms with Gasteiger partial charge in [-0.1, -0.05) is 35.9 Å². The highest BCUT2D eigenvalue weighted by Crippen LogP contribution is 2.15. The number of hydrogen-bond donors (Lipinski definition) is 0. The highest BCUT2D eigenvalue weighted by molar-refractivity contribution is 6.31. The first-order chi connectivity index (χ1) is 7.77. The summed E-state index contributed by atoms with van der Waals surface area (Å²) in [6.45, 7) is 0.656. The van der Waals surface area contributed by atoms with Crippen LogP contribution in [0.4, 0.5) is 0 Å². The first-order valence-corrected chi connectivity index (χ1v) is 5.54. The Bertz CT molecular complexity index is 533. The third kappa shape index (κ3) is 2.52. The molecule has 0 atom stereocenters. The van der Waals surface area contributed by atoms with Crippen LogP contribution in [0.5, 0.6) is 0 Å². The highest BCUT2D eigenvalue weighted by atomic mass is 35.5. The number of aromatic nitrogens is 1. The molecule has 0 saturated heterocycles. The van der Waals surface area contributed by atoms with Gasteiger partial charge in [0.1, 0.15) is 0 Å². The molecule has 0 unspecified atom stereocenters. The lowest BCUT2D eigenvalue weighted by molar-refractivity contribution is 0.669. The zero-order chi connectivity index (χ0) is 11.4. The van der Waals surface area contributed by atoms with Gasteiger partial charge in [0.15, 0.2) is 0 Å². The van der Waals surface area contributed by atoms with Gasteiger partial charge in [-0.25, -0.2) is 0 Å². The maximum atomic E-state index is 11.5. The minimum Gasteiger partial charge on any atom is -0.315 e. The van der Waals surface area contributed by atoms with Crippen molar-refractivity contribution < 1.29 is 0 Å². The van der Waals surface area contributed by atoms with Crippen LogP contribution in [0.25, 0.3) is 0 Å². The molecule has 2 rings (SSSR count). The van der Waals surface area contributed by atoms with Crippen molar-refractivity contribution in [3.8, 4) is 0 Å². The fourth-order valence-electron chi connectivity index (χ4n) is 1.59. The van der Waals surface area contributed by atoms with Gasteiger partial charge in [-0.15, -0.1) is 0 Å². The molecule has 0 spiro atoms. The zero-order valence-corrected chi connectivity index (χ0v) is 9.52. The van der Waals surface area contributed by atoms with E-state index >= 15 is 0 Å². The molecule has 1 aromatic heterocycles. The van der Waals surface area contributed by atoms with E-state index in [9.17, 15) is 4.79 Å². The number of benzene rings is 1. The molecule has 0 aliphatic heterocycles. The summed E-state index contributed by atoms with van der Waals surface area (Å²) < 4.78 is 1.68. The molecule has 0 bridgehead atoms. The van der Waals surface area contributed by atoms with Crippen LogP contribution in [-0.2, 0) is 13.0 Å². The van der Waals surface area contributed by atoms with Gasteiger partial charge in [-0.2, -0.15) is 0 Å². The van der Waals surface area contributed by atoms with Crippen LogP contribution in [0, 0.1) is 0 Å². The number of halogens is 1. The van der Waals surface area contributed by atoms with E-state index in [0.29, 0.717) is 6.54 Å².